The van der Waals surface area contributed by atoms with Gasteiger partial charge in [-0.2, -0.15) is 4.98 Å². The van der Waals surface area contributed by atoms with Crippen LogP contribution in [-0.2, 0) is 4.79 Å². The second kappa shape index (κ2) is 9.52. The third-order valence-electron chi connectivity index (χ3n) is 4.94. The zero-order valence-corrected chi connectivity index (χ0v) is 21.2. The lowest BCUT2D eigenvalue weighted by molar-refractivity contribution is -0.117. The molecule has 0 aliphatic heterocycles. The topological polar surface area (TPSA) is 99.8 Å². The summed E-state index contributed by atoms with van der Waals surface area (Å²) in [6, 6.07) is 9.42. The molecule has 13 heteroatoms. The molecule has 0 bridgehead atoms. The molecular formula is C20H14Cl5N5O2S. The van der Waals surface area contributed by atoms with Gasteiger partial charge in [-0.05, 0) is 48.2 Å². The van der Waals surface area contributed by atoms with Crippen molar-refractivity contribution < 1.29 is 9.59 Å². The lowest BCUT2D eigenvalue weighted by Crippen LogP contribution is -2.18. The Morgan fingerprint density at radius 2 is 1.76 bits per heavy atom. The number of alkyl halides is 2. The number of carbonyl (C=O) groups is 2. The van der Waals surface area contributed by atoms with E-state index in [2.05, 4.69) is 25.8 Å². The molecule has 0 unspecified atom stereocenters. The Hall–Kier alpha value is -1.68. The summed E-state index contributed by atoms with van der Waals surface area (Å²) in [5, 5.41) is 13.3. The maximum atomic E-state index is 12.9. The number of thioether (sulfide) groups is 1. The Morgan fingerprint density at radius 3 is 2.39 bits per heavy atom. The van der Waals surface area contributed by atoms with Crippen molar-refractivity contribution in [2.75, 3.05) is 16.9 Å². The highest BCUT2D eigenvalue weighted by molar-refractivity contribution is 7.98. The van der Waals surface area contributed by atoms with Gasteiger partial charge in [0.25, 0.3) is 5.91 Å². The second-order valence-corrected chi connectivity index (χ2v) is 10.6. The Bertz CT molecular complexity index is 1230. The number of hydrogen-bond acceptors (Lipinski definition) is 5. The number of aromatic amines is 1. The first-order chi connectivity index (χ1) is 15.6. The first-order valence-corrected chi connectivity index (χ1v) is 12.4. The van der Waals surface area contributed by atoms with Crippen LogP contribution in [0.2, 0.25) is 15.1 Å². The van der Waals surface area contributed by atoms with Crippen molar-refractivity contribution >= 4 is 93.2 Å². The van der Waals surface area contributed by atoms with E-state index in [1.807, 2.05) is 0 Å². The Balaban J connectivity index is 1.50. The highest BCUT2D eigenvalue weighted by Gasteiger charge is 2.67. The minimum Gasteiger partial charge on any atom is -0.326 e. The highest BCUT2D eigenvalue weighted by Crippen LogP contribution is 2.65. The number of halogens is 5. The summed E-state index contributed by atoms with van der Waals surface area (Å²) in [4.78, 5) is 29.7. The van der Waals surface area contributed by atoms with Gasteiger partial charge < -0.3 is 5.32 Å². The number of H-pyrrole nitrogens is 1. The van der Waals surface area contributed by atoms with E-state index >= 15 is 0 Å². The highest BCUT2D eigenvalue weighted by atomic mass is 35.5. The van der Waals surface area contributed by atoms with Crippen molar-refractivity contribution in [2.45, 2.75) is 15.4 Å². The van der Waals surface area contributed by atoms with Crippen molar-refractivity contribution in [3.63, 3.8) is 0 Å². The van der Waals surface area contributed by atoms with E-state index in [-0.39, 0.29) is 16.5 Å². The maximum Gasteiger partial charge on any atom is 0.259 e. The molecule has 1 aromatic heterocycles. The second-order valence-electron chi connectivity index (χ2n) is 7.14. The van der Waals surface area contributed by atoms with Crippen LogP contribution in [-0.4, -0.2) is 37.6 Å². The molecule has 1 saturated carbocycles. The van der Waals surface area contributed by atoms with Crippen molar-refractivity contribution in [3.8, 4) is 0 Å². The molecule has 3 aromatic rings. The first-order valence-electron chi connectivity index (χ1n) is 9.32. The summed E-state index contributed by atoms with van der Waals surface area (Å²) < 4.78 is -1.33. The van der Waals surface area contributed by atoms with Crippen LogP contribution >= 0.6 is 69.8 Å². The average Bonchev–Trinajstić information content (AvgIpc) is 3.07. The van der Waals surface area contributed by atoms with Crippen LogP contribution < -0.4 is 10.6 Å². The number of rotatable bonds is 6. The van der Waals surface area contributed by atoms with E-state index in [4.69, 9.17) is 58.0 Å². The van der Waals surface area contributed by atoms with Gasteiger partial charge in [-0.15, -0.1) is 28.3 Å². The van der Waals surface area contributed by atoms with Crippen LogP contribution in [0.3, 0.4) is 0 Å². The fourth-order valence-corrected chi connectivity index (χ4v) is 5.28. The van der Waals surface area contributed by atoms with E-state index in [0.717, 1.165) is 0 Å². The Morgan fingerprint density at radius 1 is 1.06 bits per heavy atom. The molecule has 2 atom stereocenters. The maximum absolute atomic E-state index is 12.9. The van der Waals surface area contributed by atoms with E-state index in [1.54, 1.807) is 30.5 Å². The molecular weight excluding hydrogens is 552 g/mol. The van der Waals surface area contributed by atoms with Gasteiger partial charge in [0, 0.05) is 21.7 Å². The van der Waals surface area contributed by atoms with E-state index in [1.165, 1.54) is 23.9 Å². The van der Waals surface area contributed by atoms with Gasteiger partial charge in [0.15, 0.2) is 0 Å². The summed E-state index contributed by atoms with van der Waals surface area (Å²) in [5.74, 6) is -2.02. The van der Waals surface area contributed by atoms with Crippen molar-refractivity contribution in [2.24, 2.45) is 5.92 Å². The number of amides is 2. The van der Waals surface area contributed by atoms with E-state index < -0.39 is 28.0 Å². The van der Waals surface area contributed by atoms with Gasteiger partial charge in [-0.25, -0.2) is 5.10 Å². The predicted octanol–water partition coefficient (Wildman–Crippen LogP) is 6.27. The van der Waals surface area contributed by atoms with Gasteiger partial charge in [0.1, 0.15) is 4.33 Å². The fraction of sp³-hybridized carbons (Fsp3) is 0.200. The summed E-state index contributed by atoms with van der Waals surface area (Å²) in [6.45, 7) is 0. The number of anilines is 2. The fourth-order valence-electron chi connectivity index (χ4n) is 3.39. The number of benzene rings is 2. The summed E-state index contributed by atoms with van der Waals surface area (Å²) >= 11 is 32.4. The molecule has 3 N–H and O–H groups in total. The average molecular weight is 566 g/mol. The third kappa shape index (κ3) is 5.21. The van der Waals surface area contributed by atoms with Crippen molar-refractivity contribution in [1.29, 1.82) is 0 Å². The number of aromatic nitrogens is 3. The standard InChI is InChI=1S/C20H14Cl5N5O2S/c1-33-19-28-18(29-30-19)27-16(31)12-7-11(2-3-13(12)23)26-17(32)15-14(20(15,24)25)8-4-9(21)6-10(22)5-8/h2-7,14-15H,1H3,(H,26,32)(H2,27,28,29,30,31)/t14-,15+/m0/s1. The van der Waals surface area contributed by atoms with Gasteiger partial charge in [-0.1, -0.05) is 46.6 Å². The van der Waals surface area contributed by atoms with Gasteiger partial charge in [0.2, 0.25) is 17.0 Å². The number of carbonyl (C=O) groups excluding carboxylic acids is 2. The molecule has 1 heterocycles. The lowest BCUT2D eigenvalue weighted by atomic mass is 10.1. The van der Waals surface area contributed by atoms with Crippen LogP contribution in [0.25, 0.3) is 0 Å². The van der Waals surface area contributed by atoms with Crippen molar-refractivity contribution in [3.05, 3.63) is 62.6 Å². The quantitative estimate of drug-likeness (QED) is 0.242. The molecule has 172 valence electrons. The normalized spacial score (nSPS) is 18.6. The lowest BCUT2D eigenvalue weighted by Gasteiger charge is -2.09. The number of hydrogen-bond donors (Lipinski definition) is 3. The largest absolute Gasteiger partial charge is 0.326 e. The molecule has 1 aliphatic rings. The molecule has 33 heavy (non-hydrogen) atoms. The minimum atomic E-state index is -1.33. The smallest absolute Gasteiger partial charge is 0.259 e. The van der Waals surface area contributed by atoms with Gasteiger partial charge in [-0.3, -0.25) is 14.9 Å². The SMILES string of the molecule is CSc1n[nH]c(NC(=O)c2cc(NC(=O)[C@H]3[C@H](c4cc(Cl)cc(Cl)c4)C3(Cl)Cl)ccc2Cl)n1. The Kier molecular flexibility index (Phi) is 7.05. The Labute approximate surface area is 217 Å². The van der Waals surface area contributed by atoms with Crippen LogP contribution in [0, 0.1) is 5.92 Å². The van der Waals surface area contributed by atoms with Crippen LogP contribution in [0.15, 0.2) is 41.6 Å². The summed E-state index contributed by atoms with van der Waals surface area (Å²) in [5.41, 5.74) is 1.13. The predicted molar refractivity (Wildman–Crippen MR) is 133 cm³/mol. The molecule has 2 aromatic carbocycles. The molecule has 0 radical (unpaired) electrons. The zero-order valence-electron chi connectivity index (χ0n) is 16.6. The van der Waals surface area contributed by atoms with Crippen LogP contribution in [0.1, 0.15) is 21.8 Å². The molecule has 7 nitrogen and oxygen atoms in total. The molecule has 0 saturated heterocycles. The summed E-state index contributed by atoms with van der Waals surface area (Å²) in [6.07, 6.45) is 1.81. The third-order valence-corrected chi connectivity index (χ3v) is 7.19. The molecule has 1 aliphatic carbocycles. The number of nitrogens with one attached hydrogen (secondary N) is 3. The zero-order chi connectivity index (χ0) is 23.9. The molecule has 4 rings (SSSR count). The minimum absolute atomic E-state index is 0.133. The number of nitrogens with zero attached hydrogens (tertiary/aromatic N) is 2. The van der Waals surface area contributed by atoms with Crippen LogP contribution in [0.5, 0.6) is 0 Å². The van der Waals surface area contributed by atoms with E-state index in [0.29, 0.717) is 26.5 Å². The first kappa shape index (κ1) is 24.4. The van der Waals surface area contributed by atoms with E-state index in [9.17, 15) is 9.59 Å². The van der Waals surface area contributed by atoms with Gasteiger partial charge >= 0.3 is 0 Å². The molecule has 0 spiro atoms. The molecule has 1 fully saturated rings. The van der Waals surface area contributed by atoms with Gasteiger partial charge in [0.05, 0.1) is 16.5 Å². The summed E-state index contributed by atoms with van der Waals surface area (Å²) in [7, 11) is 0. The van der Waals surface area contributed by atoms with Crippen molar-refractivity contribution in [1.82, 2.24) is 15.2 Å². The monoisotopic (exact) mass is 563 g/mol. The molecule has 2 amide bonds. The van der Waals surface area contributed by atoms with Crippen LogP contribution in [0.4, 0.5) is 11.6 Å².